The third-order valence-electron chi connectivity index (χ3n) is 6.14. The average molecular weight is 491 g/mol. The Morgan fingerprint density at radius 3 is 2.31 bits per heavy atom. The Balaban J connectivity index is 1.64. The molecule has 1 aliphatic rings. The zero-order valence-corrected chi connectivity index (χ0v) is 20.9. The highest BCUT2D eigenvalue weighted by atomic mass is 16.5. The number of nitrogens with zero attached hydrogens (tertiary/aromatic N) is 1. The van der Waals surface area contributed by atoms with Crippen molar-refractivity contribution in [3.63, 3.8) is 0 Å². The lowest BCUT2D eigenvalue weighted by molar-refractivity contribution is -0.117. The largest absolute Gasteiger partial charge is 0.493 e. The van der Waals surface area contributed by atoms with Crippen LogP contribution in [0.2, 0.25) is 0 Å². The van der Waals surface area contributed by atoms with E-state index < -0.39 is 6.04 Å². The molecule has 188 valence electrons. The average Bonchev–Trinajstić information content (AvgIpc) is 3.23. The highest BCUT2D eigenvalue weighted by molar-refractivity contribution is 5.99. The molecule has 2 amide bonds. The summed E-state index contributed by atoms with van der Waals surface area (Å²) in [7, 11) is 4.66. The van der Waals surface area contributed by atoms with Crippen LogP contribution in [0.5, 0.6) is 23.0 Å². The molecule has 3 aromatic rings. The van der Waals surface area contributed by atoms with Gasteiger partial charge in [-0.15, -0.1) is 0 Å². The number of anilines is 1. The molecule has 1 heterocycles. The van der Waals surface area contributed by atoms with E-state index >= 15 is 0 Å². The lowest BCUT2D eigenvalue weighted by Crippen LogP contribution is -2.32. The molecule has 0 aliphatic carbocycles. The number of hydrogen-bond donors (Lipinski definition) is 1. The highest BCUT2D eigenvalue weighted by Crippen LogP contribution is 2.38. The van der Waals surface area contributed by atoms with Gasteiger partial charge in [0, 0.05) is 23.9 Å². The number of methoxy groups -OCH3 is 3. The molecule has 1 atom stereocenters. The normalized spacial score (nSPS) is 13.1. The first-order chi connectivity index (χ1) is 17.5. The molecule has 0 saturated carbocycles. The number of amides is 2. The van der Waals surface area contributed by atoms with Crippen LogP contribution in [0.3, 0.4) is 0 Å². The topological polar surface area (TPSA) is 86.3 Å². The van der Waals surface area contributed by atoms with Crippen LogP contribution in [0, 0.1) is 0 Å². The van der Waals surface area contributed by atoms with Crippen LogP contribution >= 0.6 is 0 Å². The van der Waals surface area contributed by atoms with Gasteiger partial charge < -0.3 is 29.2 Å². The molecule has 3 aromatic carbocycles. The summed E-state index contributed by atoms with van der Waals surface area (Å²) in [6, 6.07) is 17.7. The van der Waals surface area contributed by atoms with E-state index in [9.17, 15) is 9.59 Å². The minimum Gasteiger partial charge on any atom is -0.493 e. The number of rotatable bonds is 10. The van der Waals surface area contributed by atoms with Gasteiger partial charge in [-0.05, 0) is 48.4 Å². The van der Waals surface area contributed by atoms with E-state index in [4.69, 9.17) is 18.9 Å². The Kier molecular flexibility index (Phi) is 7.63. The lowest BCUT2D eigenvalue weighted by Gasteiger charge is -2.28. The van der Waals surface area contributed by atoms with Gasteiger partial charge in [0.05, 0.1) is 40.4 Å². The van der Waals surface area contributed by atoms with Crippen LogP contribution in [0.25, 0.3) is 0 Å². The van der Waals surface area contributed by atoms with Crippen molar-refractivity contribution in [1.82, 2.24) is 4.90 Å². The van der Waals surface area contributed by atoms with Gasteiger partial charge in [-0.1, -0.05) is 24.3 Å². The summed E-state index contributed by atoms with van der Waals surface area (Å²) in [5, 5.41) is 2.92. The van der Waals surface area contributed by atoms with Crippen molar-refractivity contribution in [2.24, 2.45) is 0 Å². The second kappa shape index (κ2) is 11.0. The van der Waals surface area contributed by atoms with E-state index in [2.05, 4.69) is 5.32 Å². The molecule has 8 nitrogen and oxygen atoms in total. The van der Waals surface area contributed by atoms with E-state index in [1.165, 1.54) is 7.11 Å². The van der Waals surface area contributed by atoms with E-state index in [0.29, 0.717) is 47.4 Å². The first-order valence-corrected chi connectivity index (χ1v) is 11.7. The summed E-state index contributed by atoms with van der Waals surface area (Å²) in [5.41, 5.74) is 2.93. The Morgan fingerprint density at radius 2 is 1.61 bits per heavy atom. The molecule has 0 saturated heterocycles. The number of ether oxygens (including phenoxy) is 4. The number of hydrogen-bond acceptors (Lipinski definition) is 6. The molecular formula is C28H30N2O6. The Morgan fingerprint density at radius 1 is 0.917 bits per heavy atom. The van der Waals surface area contributed by atoms with Crippen LogP contribution in [-0.4, -0.2) is 44.7 Å². The minimum absolute atomic E-state index is 0.0468. The van der Waals surface area contributed by atoms with Crippen LogP contribution in [-0.2, 0) is 11.3 Å². The maximum absolute atomic E-state index is 13.3. The predicted octanol–water partition coefficient (Wildman–Crippen LogP) is 4.84. The molecule has 0 fully saturated rings. The van der Waals surface area contributed by atoms with Crippen LogP contribution in [0.4, 0.5) is 5.69 Å². The van der Waals surface area contributed by atoms with Crippen LogP contribution < -0.4 is 24.3 Å². The molecule has 8 heteroatoms. The standard InChI is InChI=1S/C28H30N2O6/c1-5-36-24-12-10-18(14-25(24)34-3)22(30-17-19-8-6-7-9-21(19)28(30)32)16-27(31)29-20-11-13-23(33-2)26(15-20)35-4/h6-15,22H,5,16-17H2,1-4H3,(H,29,31)/t22-/m1/s1. The second-order valence-corrected chi connectivity index (χ2v) is 8.27. The Labute approximate surface area is 210 Å². The van der Waals surface area contributed by atoms with Gasteiger partial charge in [0.15, 0.2) is 23.0 Å². The molecule has 0 radical (unpaired) electrons. The Hall–Kier alpha value is -4.20. The van der Waals surface area contributed by atoms with E-state index in [0.717, 1.165) is 11.1 Å². The molecular weight excluding hydrogens is 460 g/mol. The summed E-state index contributed by atoms with van der Waals surface area (Å²) < 4.78 is 21.8. The number of carbonyl (C=O) groups is 2. The van der Waals surface area contributed by atoms with E-state index in [1.807, 2.05) is 49.4 Å². The van der Waals surface area contributed by atoms with Gasteiger partial charge in [-0.3, -0.25) is 9.59 Å². The number of fused-ring (bicyclic) bond motifs is 1. The van der Waals surface area contributed by atoms with Crippen LogP contribution in [0.15, 0.2) is 60.7 Å². The molecule has 0 bridgehead atoms. The number of nitrogens with one attached hydrogen (secondary N) is 1. The quantitative estimate of drug-likeness (QED) is 0.438. The first kappa shape index (κ1) is 24.9. The summed E-state index contributed by atoms with van der Waals surface area (Å²) in [6.07, 6.45) is 0.0468. The van der Waals surface area contributed by atoms with Crippen molar-refractivity contribution in [3.05, 3.63) is 77.4 Å². The van der Waals surface area contributed by atoms with Crippen molar-refractivity contribution in [1.29, 1.82) is 0 Å². The van der Waals surface area contributed by atoms with Gasteiger partial charge in [0.1, 0.15) is 0 Å². The van der Waals surface area contributed by atoms with Crippen LogP contribution in [0.1, 0.15) is 40.9 Å². The molecule has 0 unspecified atom stereocenters. The molecule has 36 heavy (non-hydrogen) atoms. The second-order valence-electron chi connectivity index (χ2n) is 8.27. The summed E-state index contributed by atoms with van der Waals surface area (Å²) in [5.74, 6) is 1.87. The van der Waals surface area contributed by atoms with Crippen molar-refractivity contribution in [3.8, 4) is 23.0 Å². The summed E-state index contributed by atoms with van der Waals surface area (Å²) >= 11 is 0. The third-order valence-corrected chi connectivity index (χ3v) is 6.14. The summed E-state index contributed by atoms with van der Waals surface area (Å²) in [4.78, 5) is 28.3. The van der Waals surface area contributed by atoms with Crippen molar-refractivity contribution < 1.29 is 28.5 Å². The first-order valence-electron chi connectivity index (χ1n) is 11.7. The molecule has 4 rings (SSSR count). The maximum Gasteiger partial charge on any atom is 0.255 e. The van der Waals surface area contributed by atoms with Crippen molar-refractivity contribution >= 4 is 17.5 Å². The van der Waals surface area contributed by atoms with Crippen molar-refractivity contribution in [2.75, 3.05) is 33.3 Å². The van der Waals surface area contributed by atoms with Gasteiger partial charge in [-0.2, -0.15) is 0 Å². The third kappa shape index (κ3) is 5.07. The fourth-order valence-electron chi connectivity index (χ4n) is 4.40. The monoisotopic (exact) mass is 490 g/mol. The Bertz CT molecular complexity index is 1260. The maximum atomic E-state index is 13.3. The van der Waals surface area contributed by atoms with Gasteiger partial charge in [-0.25, -0.2) is 0 Å². The van der Waals surface area contributed by atoms with Gasteiger partial charge in [0.25, 0.3) is 5.91 Å². The number of carbonyl (C=O) groups excluding carboxylic acids is 2. The SMILES string of the molecule is CCOc1ccc([C@@H](CC(=O)Nc2ccc(OC)c(OC)c2)N2Cc3ccccc3C2=O)cc1OC. The van der Waals surface area contributed by atoms with Gasteiger partial charge in [0.2, 0.25) is 5.91 Å². The highest BCUT2D eigenvalue weighted by Gasteiger charge is 2.35. The fourth-order valence-corrected chi connectivity index (χ4v) is 4.40. The number of benzene rings is 3. The zero-order chi connectivity index (χ0) is 25.7. The lowest BCUT2D eigenvalue weighted by atomic mass is 10.0. The zero-order valence-electron chi connectivity index (χ0n) is 20.9. The van der Waals surface area contributed by atoms with Crippen molar-refractivity contribution in [2.45, 2.75) is 25.9 Å². The van der Waals surface area contributed by atoms with E-state index in [1.54, 1.807) is 37.3 Å². The minimum atomic E-state index is -0.519. The fraction of sp³-hybridized carbons (Fsp3) is 0.286. The predicted molar refractivity (Wildman–Crippen MR) is 136 cm³/mol. The molecule has 0 spiro atoms. The summed E-state index contributed by atoms with van der Waals surface area (Å²) in [6.45, 7) is 2.81. The molecule has 1 N–H and O–H groups in total. The van der Waals surface area contributed by atoms with E-state index in [-0.39, 0.29) is 18.2 Å². The van der Waals surface area contributed by atoms with Gasteiger partial charge >= 0.3 is 0 Å². The smallest absolute Gasteiger partial charge is 0.255 e. The molecule has 1 aliphatic heterocycles. The molecule has 0 aromatic heterocycles.